The van der Waals surface area contributed by atoms with Crippen LogP contribution in [-0.4, -0.2) is 35.9 Å². The number of carbonyl (C=O) groups is 1. The van der Waals surface area contributed by atoms with E-state index in [1.54, 1.807) is 34.9 Å². The number of aromatic nitrogens is 3. The van der Waals surface area contributed by atoms with Crippen molar-refractivity contribution >= 4 is 38.8 Å². The van der Waals surface area contributed by atoms with Crippen molar-refractivity contribution in [3.05, 3.63) is 65.2 Å². The maximum Gasteiger partial charge on any atom is 0.349 e. The fraction of sp³-hybridized carbons (Fsp3) is 0.0556. The second-order valence-electron chi connectivity index (χ2n) is 5.74. The highest BCUT2D eigenvalue weighted by Crippen LogP contribution is 2.26. The van der Waals surface area contributed by atoms with Crippen LogP contribution in [0.2, 0.25) is 0 Å². The average molecular weight is 414 g/mol. The summed E-state index contributed by atoms with van der Waals surface area (Å²) < 4.78 is 34.2. The molecule has 0 spiro atoms. The molecule has 0 aliphatic heterocycles. The molecule has 1 aromatic carbocycles. The van der Waals surface area contributed by atoms with E-state index in [4.69, 9.17) is 0 Å². The summed E-state index contributed by atoms with van der Waals surface area (Å²) in [6.45, 7) is 0. The van der Waals surface area contributed by atoms with Crippen molar-refractivity contribution in [2.24, 2.45) is 0 Å². The average Bonchev–Trinajstić information content (AvgIpc) is 3.35. The predicted molar refractivity (Wildman–Crippen MR) is 105 cm³/mol. The SMILES string of the molecule is COC(=O)c1sccc1S(=O)(=O)Nc1ccc(-c2cn3cccnc3n2)cc1. The van der Waals surface area contributed by atoms with Crippen molar-refractivity contribution in [2.75, 3.05) is 11.8 Å². The Morgan fingerprint density at radius 1 is 1.21 bits per heavy atom. The van der Waals surface area contributed by atoms with E-state index in [-0.39, 0.29) is 9.77 Å². The second kappa shape index (κ2) is 7.06. The number of hydrogen-bond donors (Lipinski definition) is 1. The van der Waals surface area contributed by atoms with Gasteiger partial charge < -0.3 is 4.74 Å². The molecule has 0 fully saturated rings. The smallest absolute Gasteiger partial charge is 0.349 e. The molecule has 0 saturated heterocycles. The lowest BCUT2D eigenvalue weighted by molar-refractivity contribution is 0.0602. The summed E-state index contributed by atoms with van der Waals surface area (Å²) >= 11 is 1.01. The molecule has 28 heavy (non-hydrogen) atoms. The topological polar surface area (TPSA) is 103 Å². The zero-order valence-corrected chi connectivity index (χ0v) is 16.2. The lowest BCUT2D eigenvalue weighted by Crippen LogP contribution is -2.15. The number of carbonyl (C=O) groups excluding carboxylic acids is 1. The van der Waals surface area contributed by atoms with Crippen LogP contribution >= 0.6 is 11.3 Å². The number of hydrogen-bond acceptors (Lipinski definition) is 7. The number of nitrogens with one attached hydrogen (secondary N) is 1. The number of imidazole rings is 1. The number of benzene rings is 1. The van der Waals surface area contributed by atoms with Crippen molar-refractivity contribution in [3.8, 4) is 11.3 Å². The fourth-order valence-electron chi connectivity index (χ4n) is 2.64. The standard InChI is InChI=1S/C18H14N4O4S2/c1-26-17(23)16-15(7-10-27-16)28(24,25)21-13-5-3-12(4-6-13)14-11-22-9-2-8-19-18(22)20-14/h2-11,21H,1H3. The van der Waals surface area contributed by atoms with E-state index in [9.17, 15) is 13.2 Å². The quantitative estimate of drug-likeness (QED) is 0.504. The lowest BCUT2D eigenvalue weighted by atomic mass is 10.1. The third-order valence-electron chi connectivity index (χ3n) is 3.96. The molecule has 0 bridgehead atoms. The van der Waals surface area contributed by atoms with Crippen LogP contribution in [0.5, 0.6) is 0 Å². The number of nitrogens with zero attached hydrogens (tertiary/aromatic N) is 3. The molecule has 0 amide bonds. The number of esters is 1. The summed E-state index contributed by atoms with van der Waals surface area (Å²) in [5.41, 5.74) is 1.91. The molecule has 8 nitrogen and oxygen atoms in total. The molecular weight excluding hydrogens is 400 g/mol. The first kappa shape index (κ1) is 18.1. The number of fused-ring (bicyclic) bond motifs is 1. The van der Waals surface area contributed by atoms with Gasteiger partial charge in [-0.2, -0.15) is 0 Å². The van der Waals surface area contributed by atoms with E-state index in [1.165, 1.54) is 18.6 Å². The highest BCUT2D eigenvalue weighted by molar-refractivity contribution is 7.93. The number of thiophene rings is 1. The molecule has 142 valence electrons. The van der Waals surface area contributed by atoms with E-state index < -0.39 is 16.0 Å². The fourth-order valence-corrected chi connectivity index (χ4v) is 5.03. The summed E-state index contributed by atoms with van der Waals surface area (Å²) in [5, 5.41) is 1.53. The second-order valence-corrected chi connectivity index (χ2v) is 8.31. The van der Waals surface area contributed by atoms with Gasteiger partial charge in [-0.1, -0.05) is 12.1 Å². The Bertz CT molecular complexity index is 1230. The van der Waals surface area contributed by atoms with Gasteiger partial charge in [0.15, 0.2) is 0 Å². The highest BCUT2D eigenvalue weighted by atomic mass is 32.2. The van der Waals surface area contributed by atoms with Crippen molar-refractivity contribution in [3.63, 3.8) is 0 Å². The first-order valence-corrected chi connectivity index (χ1v) is 10.4. The molecule has 0 unspecified atom stereocenters. The summed E-state index contributed by atoms with van der Waals surface area (Å²) in [4.78, 5) is 20.3. The van der Waals surface area contributed by atoms with E-state index >= 15 is 0 Å². The Balaban J connectivity index is 1.59. The molecular formula is C18H14N4O4S2. The molecule has 1 N–H and O–H groups in total. The van der Waals surface area contributed by atoms with Crippen LogP contribution < -0.4 is 4.72 Å². The normalized spacial score (nSPS) is 11.5. The van der Waals surface area contributed by atoms with E-state index in [0.29, 0.717) is 11.5 Å². The molecule has 10 heteroatoms. The Hall–Kier alpha value is -3.24. The number of ether oxygens (including phenoxy) is 1. The van der Waals surface area contributed by atoms with Gasteiger partial charge in [0.05, 0.1) is 12.8 Å². The first-order chi connectivity index (χ1) is 13.5. The van der Waals surface area contributed by atoms with Gasteiger partial charge in [-0.05, 0) is 29.6 Å². The van der Waals surface area contributed by atoms with Crippen LogP contribution in [-0.2, 0) is 14.8 Å². The van der Waals surface area contributed by atoms with Gasteiger partial charge in [-0.25, -0.2) is 23.2 Å². The largest absolute Gasteiger partial charge is 0.465 e. The van der Waals surface area contributed by atoms with Gasteiger partial charge in [0.1, 0.15) is 9.77 Å². The lowest BCUT2D eigenvalue weighted by Gasteiger charge is -2.08. The van der Waals surface area contributed by atoms with Gasteiger partial charge in [0.2, 0.25) is 5.78 Å². The summed E-state index contributed by atoms with van der Waals surface area (Å²) in [6, 6.07) is 9.96. The van der Waals surface area contributed by atoms with Crippen LogP contribution in [0.15, 0.2) is 65.3 Å². The highest BCUT2D eigenvalue weighted by Gasteiger charge is 2.24. The maximum absolute atomic E-state index is 12.6. The molecule has 0 saturated carbocycles. The molecule has 4 rings (SSSR count). The van der Waals surface area contributed by atoms with Gasteiger partial charge in [0, 0.05) is 29.8 Å². The number of sulfonamides is 1. The Morgan fingerprint density at radius 3 is 2.71 bits per heavy atom. The van der Waals surface area contributed by atoms with Crippen LogP contribution in [0.25, 0.3) is 17.0 Å². The summed E-state index contributed by atoms with van der Waals surface area (Å²) in [6.07, 6.45) is 5.35. The molecule has 0 radical (unpaired) electrons. The van der Waals surface area contributed by atoms with Gasteiger partial charge >= 0.3 is 5.97 Å². The summed E-state index contributed by atoms with van der Waals surface area (Å²) in [5.74, 6) is -0.110. The van der Waals surface area contributed by atoms with Gasteiger partial charge in [0.25, 0.3) is 10.0 Å². The molecule has 3 heterocycles. The number of methoxy groups -OCH3 is 1. The Kier molecular flexibility index (Phi) is 4.57. The summed E-state index contributed by atoms with van der Waals surface area (Å²) in [7, 11) is -2.72. The third kappa shape index (κ3) is 3.35. The Labute approximate surface area is 164 Å². The zero-order valence-electron chi connectivity index (χ0n) is 14.6. The third-order valence-corrected chi connectivity index (χ3v) is 6.41. The minimum atomic E-state index is -3.92. The first-order valence-electron chi connectivity index (χ1n) is 8.07. The molecule has 0 aliphatic carbocycles. The zero-order chi connectivity index (χ0) is 19.7. The van der Waals surface area contributed by atoms with Crippen molar-refractivity contribution in [1.29, 1.82) is 0 Å². The van der Waals surface area contributed by atoms with Crippen LogP contribution in [0.3, 0.4) is 0 Å². The number of rotatable bonds is 5. The van der Waals surface area contributed by atoms with Crippen LogP contribution in [0, 0.1) is 0 Å². The maximum atomic E-state index is 12.6. The van der Waals surface area contributed by atoms with E-state index in [2.05, 4.69) is 19.4 Å². The molecule has 4 aromatic rings. The van der Waals surface area contributed by atoms with Crippen molar-refractivity contribution in [1.82, 2.24) is 14.4 Å². The van der Waals surface area contributed by atoms with Crippen molar-refractivity contribution in [2.45, 2.75) is 4.90 Å². The minimum absolute atomic E-state index is 0.0313. The van der Waals surface area contributed by atoms with Crippen LogP contribution in [0.4, 0.5) is 5.69 Å². The molecule has 0 aliphatic rings. The van der Waals surface area contributed by atoms with Gasteiger partial charge in [-0.3, -0.25) is 9.12 Å². The van der Waals surface area contributed by atoms with E-state index in [1.807, 2.05) is 18.5 Å². The van der Waals surface area contributed by atoms with Crippen LogP contribution in [0.1, 0.15) is 9.67 Å². The predicted octanol–water partition coefficient (Wildman–Crippen LogP) is 3.05. The monoisotopic (exact) mass is 414 g/mol. The van der Waals surface area contributed by atoms with Crippen molar-refractivity contribution < 1.29 is 17.9 Å². The molecule has 0 atom stereocenters. The van der Waals surface area contributed by atoms with E-state index in [0.717, 1.165) is 22.6 Å². The number of anilines is 1. The Morgan fingerprint density at radius 2 is 2.00 bits per heavy atom. The molecule has 3 aromatic heterocycles. The minimum Gasteiger partial charge on any atom is -0.465 e. The van der Waals surface area contributed by atoms with Gasteiger partial charge in [-0.15, -0.1) is 11.3 Å².